The number of amides is 2. The standard InChI is InChI=1S/C24H31N3O3/c1-17-4-7-20(8-5-17)22(16-27-10-12-30-13-11-27)26-23(28)15-25-24(29)21-9-6-18(2)19(3)14-21/h4-9,14,22H,10-13,15-16H2,1-3H3,(H,25,29)(H,26,28)/t22-/m0/s1. The van der Waals surface area contributed by atoms with Crippen molar-refractivity contribution in [1.29, 1.82) is 0 Å². The molecule has 1 fully saturated rings. The highest BCUT2D eigenvalue weighted by Gasteiger charge is 2.20. The first kappa shape index (κ1) is 22.0. The molecule has 160 valence electrons. The second-order valence-corrected chi connectivity index (χ2v) is 7.93. The maximum atomic E-state index is 12.6. The maximum absolute atomic E-state index is 12.6. The van der Waals surface area contributed by atoms with Crippen LogP contribution in [0, 0.1) is 20.8 Å². The van der Waals surface area contributed by atoms with Gasteiger partial charge in [-0.3, -0.25) is 14.5 Å². The molecular formula is C24H31N3O3. The molecular weight excluding hydrogens is 378 g/mol. The van der Waals surface area contributed by atoms with E-state index in [-0.39, 0.29) is 24.4 Å². The van der Waals surface area contributed by atoms with Crippen LogP contribution in [0.1, 0.15) is 38.7 Å². The van der Waals surface area contributed by atoms with E-state index in [1.807, 2.05) is 45.0 Å². The molecule has 6 nitrogen and oxygen atoms in total. The van der Waals surface area contributed by atoms with E-state index < -0.39 is 0 Å². The van der Waals surface area contributed by atoms with E-state index in [2.05, 4.69) is 27.7 Å². The first-order valence-electron chi connectivity index (χ1n) is 10.4. The topological polar surface area (TPSA) is 70.7 Å². The minimum Gasteiger partial charge on any atom is -0.379 e. The van der Waals surface area contributed by atoms with Gasteiger partial charge in [0, 0.05) is 25.2 Å². The molecule has 1 atom stereocenters. The fraction of sp³-hybridized carbons (Fsp3) is 0.417. The summed E-state index contributed by atoms with van der Waals surface area (Å²) in [5.41, 5.74) is 4.98. The summed E-state index contributed by atoms with van der Waals surface area (Å²) >= 11 is 0. The van der Waals surface area contributed by atoms with Gasteiger partial charge in [-0.05, 0) is 49.6 Å². The number of morpholine rings is 1. The summed E-state index contributed by atoms with van der Waals surface area (Å²) in [6, 6.07) is 13.6. The van der Waals surface area contributed by atoms with Crippen LogP contribution in [-0.4, -0.2) is 56.1 Å². The first-order chi connectivity index (χ1) is 14.4. The molecule has 2 aromatic carbocycles. The molecule has 0 unspecified atom stereocenters. The van der Waals surface area contributed by atoms with Crippen LogP contribution in [0.25, 0.3) is 0 Å². The Labute approximate surface area is 178 Å². The molecule has 3 rings (SSSR count). The lowest BCUT2D eigenvalue weighted by atomic mass is 10.0. The van der Waals surface area contributed by atoms with Gasteiger partial charge in [-0.15, -0.1) is 0 Å². The average molecular weight is 410 g/mol. The van der Waals surface area contributed by atoms with Gasteiger partial charge in [-0.1, -0.05) is 35.9 Å². The molecule has 2 N–H and O–H groups in total. The molecule has 0 aromatic heterocycles. The van der Waals surface area contributed by atoms with Crippen molar-refractivity contribution in [2.24, 2.45) is 0 Å². The highest BCUT2D eigenvalue weighted by atomic mass is 16.5. The van der Waals surface area contributed by atoms with E-state index in [9.17, 15) is 9.59 Å². The van der Waals surface area contributed by atoms with Crippen molar-refractivity contribution in [3.63, 3.8) is 0 Å². The summed E-state index contributed by atoms with van der Waals surface area (Å²) < 4.78 is 5.43. The number of carbonyl (C=O) groups is 2. The van der Waals surface area contributed by atoms with Gasteiger partial charge in [-0.2, -0.15) is 0 Å². The second kappa shape index (κ2) is 10.4. The van der Waals surface area contributed by atoms with Gasteiger partial charge in [-0.25, -0.2) is 0 Å². The molecule has 1 aliphatic rings. The van der Waals surface area contributed by atoms with Crippen molar-refractivity contribution in [2.45, 2.75) is 26.8 Å². The molecule has 0 spiro atoms. The van der Waals surface area contributed by atoms with Crippen molar-refractivity contribution in [3.8, 4) is 0 Å². The van der Waals surface area contributed by atoms with E-state index in [4.69, 9.17) is 4.74 Å². The van der Waals surface area contributed by atoms with Crippen molar-refractivity contribution < 1.29 is 14.3 Å². The number of hydrogen-bond donors (Lipinski definition) is 2. The van der Waals surface area contributed by atoms with Gasteiger partial charge in [0.05, 0.1) is 25.8 Å². The summed E-state index contributed by atoms with van der Waals surface area (Å²) in [4.78, 5) is 27.3. The highest BCUT2D eigenvalue weighted by molar-refractivity contribution is 5.96. The van der Waals surface area contributed by atoms with E-state index in [1.54, 1.807) is 6.07 Å². The average Bonchev–Trinajstić information content (AvgIpc) is 2.75. The summed E-state index contributed by atoms with van der Waals surface area (Å²) in [6.07, 6.45) is 0. The number of nitrogens with one attached hydrogen (secondary N) is 2. The third-order valence-electron chi connectivity index (χ3n) is 5.54. The van der Waals surface area contributed by atoms with Crippen molar-refractivity contribution in [1.82, 2.24) is 15.5 Å². The zero-order valence-electron chi connectivity index (χ0n) is 18.0. The van der Waals surface area contributed by atoms with Crippen molar-refractivity contribution >= 4 is 11.8 Å². The largest absolute Gasteiger partial charge is 0.379 e. The molecule has 2 aromatic rings. The van der Waals surface area contributed by atoms with Gasteiger partial charge >= 0.3 is 0 Å². The van der Waals surface area contributed by atoms with Gasteiger partial charge < -0.3 is 15.4 Å². The van der Waals surface area contributed by atoms with Crippen LogP contribution in [0.2, 0.25) is 0 Å². The summed E-state index contributed by atoms with van der Waals surface area (Å²) in [6.45, 7) is 9.79. The number of rotatable bonds is 7. The van der Waals surface area contributed by atoms with E-state index in [0.717, 1.165) is 29.8 Å². The molecule has 0 saturated carbocycles. The second-order valence-electron chi connectivity index (χ2n) is 7.93. The fourth-order valence-corrected chi connectivity index (χ4v) is 3.47. The normalized spacial score (nSPS) is 15.4. The minimum absolute atomic E-state index is 0.0583. The molecule has 0 bridgehead atoms. The molecule has 6 heteroatoms. The van der Waals surface area contributed by atoms with E-state index >= 15 is 0 Å². The van der Waals surface area contributed by atoms with Crippen molar-refractivity contribution in [2.75, 3.05) is 39.4 Å². The van der Waals surface area contributed by atoms with E-state index in [1.165, 1.54) is 5.56 Å². The van der Waals surface area contributed by atoms with Gasteiger partial charge in [0.25, 0.3) is 5.91 Å². The number of aryl methyl sites for hydroxylation is 3. The number of hydrogen-bond acceptors (Lipinski definition) is 4. The van der Waals surface area contributed by atoms with Gasteiger partial charge in [0.1, 0.15) is 0 Å². The molecule has 1 saturated heterocycles. The monoisotopic (exact) mass is 409 g/mol. The molecule has 0 radical (unpaired) electrons. The third kappa shape index (κ3) is 6.15. The molecule has 1 aliphatic heterocycles. The van der Waals surface area contributed by atoms with Crippen LogP contribution in [-0.2, 0) is 9.53 Å². The van der Waals surface area contributed by atoms with Gasteiger partial charge in [0.15, 0.2) is 0 Å². The maximum Gasteiger partial charge on any atom is 0.251 e. The Hall–Kier alpha value is -2.70. The van der Waals surface area contributed by atoms with Crippen molar-refractivity contribution in [3.05, 3.63) is 70.3 Å². The highest BCUT2D eigenvalue weighted by Crippen LogP contribution is 2.16. The Bertz CT molecular complexity index is 874. The number of ether oxygens (including phenoxy) is 1. The van der Waals surface area contributed by atoms with Crippen LogP contribution in [0.5, 0.6) is 0 Å². The molecule has 0 aliphatic carbocycles. The van der Waals surface area contributed by atoms with E-state index in [0.29, 0.717) is 25.3 Å². The summed E-state index contributed by atoms with van der Waals surface area (Å²) in [5.74, 6) is -0.445. The number of carbonyl (C=O) groups excluding carboxylic acids is 2. The number of benzene rings is 2. The Morgan fingerprint density at radius 3 is 2.37 bits per heavy atom. The SMILES string of the molecule is Cc1ccc([C@H](CN2CCOCC2)NC(=O)CNC(=O)c2ccc(C)c(C)c2)cc1. The third-order valence-corrected chi connectivity index (χ3v) is 5.54. The molecule has 30 heavy (non-hydrogen) atoms. The van der Waals surface area contributed by atoms with Crippen LogP contribution in [0.4, 0.5) is 0 Å². The van der Waals surface area contributed by atoms with Crippen LogP contribution in [0.15, 0.2) is 42.5 Å². The predicted molar refractivity (Wildman–Crippen MR) is 118 cm³/mol. The lowest BCUT2D eigenvalue weighted by Gasteiger charge is -2.31. The Morgan fingerprint density at radius 2 is 1.70 bits per heavy atom. The Balaban J connectivity index is 1.61. The number of nitrogens with zero attached hydrogens (tertiary/aromatic N) is 1. The smallest absolute Gasteiger partial charge is 0.251 e. The Morgan fingerprint density at radius 1 is 1.00 bits per heavy atom. The first-order valence-corrected chi connectivity index (χ1v) is 10.4. The molecule has 1 heterocycles. The van der Waals surface area contributed by atoms with Crippen LogP contribution < -0.4 is 10.6 Å². The van der Waals surface area contributed by atoms with Crippen LogP contribution in [0.3, 0.4) is 0 Å². The lowest BCUT2D eigenvalue weighted by molar-refractivity contribution is -0.121. The fourth-order valence-electron chi connectivity index (χ4n) is 3.47. The lowest BCUT2D eigenvalue weighted by Crippen LogP contribution is -2.45. The minimum atomic E-state index is -0.242. The summed E-state index contributed by atoms with van der Waals surface area (Å²) in [5, 5.41) is 5.82. The zero-order valence-corrected chi connectivity index (χ0v) is 18.0. The quantitative estimate of drug-likeness (QED) is 0.737. The zero-order chi connectivity index (χ0) is 21.5. The van der Waals surface area contributed by atoms with Crippen LogP contribution >= 0.6 is 0 Å². The Kier molecular flexibility index (Phi) is 7.60. The summed E-state index contributed by atoms with van der Waals surface area (Å²) in [7, 11) is 0. The van der Waals surface area contributed by atoms with Gasteiger partial charge in [0.2, 0.25) is 5.91 Å². The predicted octanol–water partition coefficient (Wildman–Crippen LogP) is 2.53. The molecule has 2 amide bonds.